The number of anilines is 1. The summed E-state index contributed by atoms with van der Waals surface area (Å²) in [5.74, 6) is -0.965. The quantitative estimate of drug-likeness (QED) is 0.883. The molecule has 2 aromatic rings. The molecule has 0 bridgehead atoms. The SMILES string of the molecule is O=C(O)Cc1cccc(NS(=O)(=O)c2ccccc2)c1. The van der Waals surface area contributed by atoms with E-state index in [0.717, 1.165) is 0 Å². The van der Waals surface area contributed by atoms with E-state index in [4.69, 9.17) is 5.11 Å². The van der Waals surface area contributed by atoms with Crippen molar-refractivity contribution in [1.82, 2.24) is 0 Å². The van der Waals surface area contributed by atoms with Crippen LogP contribution >= 0.6 is 0 Å². The molecule has 0 spiro atoms. The maximum absolute atomic E-state index is 12.1. The van der Waals surface area contributed by atoms with E-state index in [1.165, 1.54) is 18.2 Å². The normalized spacial score (nSPS) is 11.0. The summed E-state index contributed by atoms with van der Waals surface area (Å²) < 4.78 is 26.6. The van der Waals surface area contributed by atoms with Crippen molar-refractivity contribution in [2.75, 3.05) is 4.72 Å². The van der Waals surface area contributed by atoms with Crippen molar-refractivity contribution in [1.29, 1.82) is 0 Å². The fraction of sp³-hybridized carbons (Fsp3) is 0.0714. The summed E-state index contributed by atoms with van der Waals surface area (Å²) in [6.45, 7) is 0. The minimum Gasteiger partial charge on any atom is -0.481 e. The molecule has 0 saturated carbocycles. The average Bonchev–Trinajstić information content (AvgIpc) is 2.39. The lowest BCUT2D eigenvalue weighted by atomic mass is 10.1. The first-order valence-electron chi connectivity index (χ1n) is 5.86. The standard InChI is InChI=1S/C14H13NO4S/c16-14(17)10-11-5-4-6-12(9-11)15-20(18,19)13-7-2-1-3-8-13/h1-9,15H,10H2,(H,16,17). The van der Waals surface area contributed by atoms with Crippen molar-refractivity contribution < 1.29 is 18.3 Å². The number of hydrogen-bond acceptors (Lipinski definition) is 3. The molecule has 0 fully saturated rings. The van der Waals surface area contributed by atoms with E-state index in [2.05, 4.69) is 4.72 Å². The van der Waals surface area contributed by atoms with Gasteiger partial charge in [-0.3, -0.25) is 9.52 Å². The summed E-state index contributed by atoms with van der Waals surface area (Å²) in [5.41, 5.74) is 0.873. The van der Waals surface area contributed by atoms with Crippen molar-refractivity contribution in [2.24, 2.45) is 0 Å². The Kier molecular flexibility index (Phi) is 4.05. The second-order valence-corrected chi connectivity index (χ2v) is 5.87. The fourth-order valence-corrected chi connectivity index (χ4v) is 2.80. The van der Waals surface area contributed by atoms with E-state index < -0.39 is 16.0 Å². The van der Waals surface area contributed by atoms with Crippen molar-refractivity contribution >= 4 is 21.7 Å². The minimum absolute atomic E-state index is 0.152. The zero-order valence-corrected chi connectivity index (χ0v) is 11.3. The maximum Gasteiger partial charge on any atom is 0.307 e. The van der Waals surface area contributed by atoms with Gasteiger partial charge in [0, 0.05) is 5.69 Å². The van der Waals surface area contributed by atoms with E-state index in [-0.39, 0.29) is 11.3 Å². The highest BCUT2D eigenvalue weighted by Gasteiger charge is 2.13. The lowest BCUT2D eigenvalue weighted by Gasteiger charge is -2.09. The second kappa shape index (κ2) is 5.75. The highest BCUT2D eigenvalue weighted by Crippen LogP contribution is 2.17. The monoisotopic (exact) mass is 291 g/mol. The summed E-state index contributed by atoms with van der Waals surface area (Å²) in [7, 11) is -3.66. The van der Waals surface area contributed by atoms with Crippen LogP contribution in [0.2, 0.25) is 0 Å². The van der Waals surface area contributed by atoms with Crippen molar-refractivity contribution in [3.8, 4) is 0 Å². The molecule has 6 heteroatoms. The maximum atomic E-state index is 12.1. The molecule has 0 heterocycles. The van der Waals surface area contributed by atoms with Gasteiger partial charge in [0.05, 0.1) is 11.3 Å². The predicted octanol–water partition coefficient (Wildman–Crippen LogP) is 2.11. The second-order valence-electron chi connectivity index (χ2n) is 4.19. The van der Waals surface area contributed by atoms with Gasteiger partial charge in [0.15, 0.2) is 0 Å². The molecule has 2 rings (SSSR count). The molecule has 0 aliphatic rings. The van der Waals surface area contributed by atoms with Gasteiger partial charge in [-0.1, -0.05) is 30.3 Å². The van der Waals surface area contributed by atoms with Crippen molar-refractivity contribution in [2.45, 2.75) is 11.3 Å². The third-order valence-corrected chi connectivity index (χ3v) is 3.99. The number of carbonyl (C=O) groups is 1. The Balaban J connectivity index is 2.24. The number of hydrogen-bond donors (Lipinski definition) is 2. The Morgan fingerprint density at radius 3 is 2.40 bits per heavy atom. The number of carboxylic acids is 1. The molecule has 0 aliphatic carbocycles. The molecule has 2 aromatic carbocycles. The van der Waals surface area contributed by atoms with E-state index in [1.54, 1.807) is 36.4 Å². The highest BCUT2D eigenvalue weighted by atomic mass is 32.2. The Morgan fingerprint density at radius 2 is 1.75 bits per heavy atom. The van der Waals surface area contributed by atoms with Crippen LogP contribution in [0.5, 0.6) is 0 Å². The lowest BCUT2D eigenvalue weighted by molar-refractivity contribution is -0.136. The molecule has 5 nitrogen and oxygen atoms in total. The predicted molar refractivity (Wildman–Crippen MR) is 75.0 cm³/mol. The van der Waals surface area contributed by atoms with Crippen LogP contribution in [-0.2, 0) is 21.2 Å². The molecule has 104 valence electrons. The molecular formula is C14H13NO4S. The van der Waals surface area contributed by atoms with Gasteiger partial charge in [-0.2, -0.15) is 0 Å². The summed E-state index contributed by atoms with van der Waals surface area (Å²) in [6.07, 6.45) is -0.152. The zero-order valence-electron chi connectivity index (χ0n) is 10.5. The van der Waals surface area contributed by atoms with Gasteiger partial charge in [-0.25, -0.2) is 8.42 Å². The van der Waals surface area contributed by atoms with Gasteiger partial charge < -0.3 is 5.11 Å². The number of rotatable bonds is 5. The Bertz CT molecular complexity index is 711. The Hall–Kier alpha value is -2.34. The summed E-state index contributed by atoms with van der Waals surface area (Å²) in [5, 5.41) is 8.73. The van der Waals surface area contributed by atoms with Crippen LogP contribution in [0.3, 0.4) is 0 Å². The fourth-order valence-electron chi connectivity index (χ4n) is 1.73. The molecule has 20 heavy (non-hydrogen) atoms. The van der Waals surface area contributed by atoms with E-state index in [9.17, 15) is 13.2 Å². The first-order chi connectivity index (χ1) is 9.47. The number of aliphatic carboxylic acids is 1. The number of nitrogens with one attached hydrogen (secondary N) is 1. The molecule has 0 unspecified atom stereocenters. The van der Waals surface area contributed by atoms with Crippen molar-refractivity contribution in [3.05, 3.63) is 60.2 Å². The van der Waals surface area contributed by atoms with Gasteiger partial charge in [0.2, 0.25) is 0 Å². The molecule has 2 N–H and O–H groups in total. The average molecular weight is 291 g/mol. The van der Waals surface area contributed by atoms with Crippen molar-refractivity contribution in [3.63, 3.8) is 0 Å². The van der Waals surface area contributed by atoms with Gasteiger partial charge in [-0.05, 0) is 29.8 Å². The van der Waals surface area contributed by atoms with Crippen LogP contribution in [0, 0.1) is 0 Å². The number of carboxylic acid groups (broad SMARTS) is 1. The van der Waals surface area contributed by atoms with E-state index in [1.807, 2.05) is 0 Å². The third-order valence-electron chi connectivity index (χ3n) is 2.59. The molecule has 0 atom stereocenters. The Morgan fingerprint density at radius 1 is 1.05 bits per heavy atom. The lowest BCUT2D eigenvalue weighted by Crippen LogP contribution is -2.13. The number of sulfonamides is 1. The summed E-state index contributed by atoms with van der Waals surface area (Å²) in [4.78, 5) is 10.8. The Labute approximate surface area is 116 Å². The van der Waals surface area contributed by atoms with Crippen LogP contribution in [0.4, 0.5) is 5.69 Å². The molecule has 0 aliphatic heterocycles. The topological polar surface area (TPSA) is 83.5 Å². The largest absolute Gasteiger partial charge is 0.481 e. The van der Waals surface area contributed by atoms with E-state index >= 15 is 0 Å². The number of benzene rings is 2. The van der Waals surface area contributed by atoms with Crippen LogP contribution in [0.15, 0.2) is 59.5 Å². The van der Waals surface area contributed by atoms with Gasteiger partial charge in [-0.15, -0.1) is 0 Å². The molecular weight excluding hydrogens is 278 g/mol. The smallest absolute Gasteiger partial charge is 0.307 e. The van der Waals surface area contributed by atoms with Gasteiger partial charge in [0.25, 0.3) is 10.0 Å². The highest BCUT2D eigenvalue weighted by molar-refractivity contribution is 7.92. The summed E-state index contributed by atoms with van der Waals surface area (Å²) >= 11 is 0. The minimum atomic E-state index is -3.66. The zero-order chi connectivity index (χ0) is 14.6. The molecule has 0 amide bonds. The molecule has 0 aromatic heterocycles. The van der Waals surface area contributed by atoms with Crippen LogP contribution in [-0.4, -0.2) is 19.5 Å². The first kappa shape index (κ1) is 14.1. The van der Waals surface area contributed by atoms with E-state index in [0.29, 0.717) is 11.3 Å². The van der Waals surface area contributed by atoms with Gasteiger partial charge in [0.1, 0.15) is 0 Å². The van der Waals surface area contributed by atoms with Crippen LogP contribution in [0.25, 0.3) is 0 Å². The molecule has 0 saturated heterocycles. The van der Waals surface area contributed by atoms with Gasteiger partial charge >= 0.3 is 5.97 Å². The van der Waals surface area contributed by atoms with Crippen LogP contribution < -0.4 is 4.72 Å². The molecule has 0 radical (unpaired) electrons. The van der Waals surface area contributed by atoms with Crippen LogP contribution in [0.1, 0.15) is 5.56 Å². The summed E-state index contributed by atoms with van der Waals surface area (Å²) in [6, 6.07) is 14.3. The third kappa shape index (κ3) is 3.58. The first-order valence-corrected chi connectivity index (χ1v) is 7.34.